The first-order chi connectivity index (χ1) is 15.1. The molecule has 3 aromatic rings. The van der Waals surface area contributed by atoms with E-state index in [4.69, 9.17) is 0 Å². The van der Waals surface area contributed by atoms with Crippen LogP contribution in [0.15, 0.2) is 96.1 Å². The van der Waals surface area contributed by atoms with Crippen molar-refractivity contribution in [2.75, 3.05) is 0 Å². The van der Waals surface area contributed by atoms with E-state index in [0.29, 0.717) is 28.7 Å². The molecule has 0 aromatic heterocycles. The van der Waals surface area contributed by atoms with Gasteiger partial charge in [0.05, 0.1) is 11.1 Å². The molecule has 0 amide bonds. The van der Waals surface area contributed by atoms with Crippen molar-refractivity contribution in [3.05, 3.63) is 118 Å². The Labute approximate surface area is 178 Å². The highest BCUT2D eigenvalue weighted by molar-refractivity contribution is 6.40. The summed E-state index contributed by atoms with van der Waals surface area (Å²) in [5.74, 6) is -1.11. The summed E-state index contributed by atoms with van der Waals surface area (Å²) in [7, 11) is 0. The van der Waals surface area contributed by atoms with Crippen molar-refractivity contribution in [2.24, 2.45) is 0 Å². The lowest BCUT2D eigenvalue weighted by atomic mass is 10.0. The molecule has 3 aromatic carbocycles. The van der Waals surface area contributed by atoms with E-state index in [1.54, 1.807) is 54.6 Å². The highest BCUT2D eigenvalue weighted by Crippen LogP contribution is 2.30. The minimum atomic E-state index is -0.287. The van der Waals surface area contributed by atoms with Crippen LogP contribution < -0.4 is 0 Å². The highest BCUT2D eigenvalue weighted by atomic mass is 16.2. The molecule has 0 saturated carbocycles. The standard InChI is InChI=1S/C27H16O4/c28-24-18-10-6-7-11-19(18)25(29)20(24)12-2-1-3-13-21-26(30)22-14-16-8-4-5-9-17(16)15-23(22)27(21)31/h1,3-15H,2H2. The van der Waals surface area contributed by atoms with Crippen molar-refractivity contribution >= 4 is 33.9 Å². The number of carbonyl (C=O) groups is 4. The summed E-state index contributed by atoms with van der Waals surface area (Å²) in [5.41, 5.74) is 1.98. The number of hydrogen-bond donors (Lipinski definition) is 0. The first-order valence-electron chi connectivity index (χ1n) is 9.94. The molecule has 148 valence electrons. The van der Waals surface area contributed by atoms with E-state index in [-0.39, 0.29) is 34.3 Å². The van der Waals surface area contributed by atoms with Gasteiger partial charge < -0.3 is 0 Å². The molecule has 0 radical (unpaired) electrons. The third-order valence-corrected chi connectivity index (χ3v) is 5.63. The molecule has 2 aliphatic carbocycles. The average Bonchev–Trinajstić information content (AvgIpc) is 3.17. The number of rotatable bonds is 3. The lowest BCUT2D eigenvalue weighted by Crippen LogP contribution is -2.00. The van der Waals surface area contributed by atoms with Crippen LogP contribution in [0.2, 0.25) is 0 Å². The Morgan fingerprint density at radius 3 is 1.61 bits per heavy atom. The Morgan fingerprint density at radius 1 is 0.581 bits per heavy atom. The summed E-state index contributed by atoms with van der Waals surface area (Å²) in [6, 6.07) is 17.9. The Bertz CT molecular complexity index is 1320. The fourth-order valence-corrected chi connectivity index (χ4v) is 4.05. The molecule has 4 heteroatoms. The van der Waals surface area contributed by atoms with Crippen molar-refractivity contribution in [3.8, 4) is 0 Å². The van der Waals surface area contributed by atoms with Gasteiger partial charge >= 0.3 is 0 Å². The molecule has 0 atom stereocenters. The zero-order valence-electron chi connectivity index (χ0n) is 16.4. The summed E-state index contributed by atoms with van der Waals surface area (Å²) in [6.45, 7) is 0. The fraction of sp³-hybridized carbons (Fsp3) is 0.0370. The molecule has 0 aliphatic heterocycles. The zero-order chi connectivity index (χ0) is 21.5. The van der Waals surface area contributed by atoms with E-state index in [1.165, 1.54) is 6.08 Å². The SMILES string of the molecule is O=C1C(=CCC=CC=C2C(=O)c3cc4ccccc4cc3C2=O)C(=O)c2ccccc21. The van der Waals surface area contributed by atoms with Crippen LogP contribution >= 0.6 is 0 Å². The Balaban J connectivity index is 1.35. The van der Waals surface area contributed by atoms with Crippen molar-refractivity contribution < 1.29 is 19.2 Å². The summed E-state index contributed by atoms with van der Waals surface area (Å²) >= 11 is 0. The molecule has 0 saturated heterocycles. The lowest BCUT2D eigenvalue weighted by molar-refractivity contribution is 0.0973. The van der Waals surface area contributed by atoms with Crippen LogP contribution in [0.1, 0.15) is 47.9 Å². The highest BCUT2D eigenvalue weighted by Gasteiger charge is 2.33. The largest absolute Gasteiger partial charge is 0.288 e. The number of Topliss-reactive ketones (excluding diaryl/α,β-unsaturated/α-hetero) is 4. The number of hydrogen-bond acceptors (Lipinski definition) is 4. The summed E-state index contributed by atoms with van der Waals surface area (Å²) in [5, 5.41) is 1.83. The first-order valence-corrected chi connectivity index (χ1v) is 9.94. The van der Waals surface area contributed by atoms with Crippen LogP contribution in [0, 0.1) is 0 Å². The molecule has 5 rings (SSSR count). The van der Waals surface area contributed by atoms with Crippen molar-refractivity contribution in [3.63, 3.8) is 0 Å². The summed E-state index contributed by atoms with van der Waals surface area (Å²) in [6.07, 6.45) is 6.75. The van der Waals surface area contributed by atoms with Crippen LogP contribution in [-0.2, 0) is 0 Å². The van der Waals surface area contributed by atoms with Gasteiger partial charge in [0, 0.05) is 22.3 Å². The molecule has 31 heavy (non-hydrogen) atoms. The first kappa shape index (κ1) is 18.8. The fourth-order valence-electron chi connectivity index (χ4n) is 4.05. The number of carbonyl (C=O) groups excluding carboxylic acids is 4. The summed E-state index contributed by atoms with van der Waals surface area (Å²) in [4.78, 5) is 50.2. The average molecular weight is 404 g/mol. The molecule has 2 aliphatic rings. The molecule has 0 N–H and O–H groups in total. The van der Waals surface area contributed by atoms with Crippen LogP contribution in [0.25, 0.3) is 10.8 Å². The van der Waals surface area contributed by atoms with E-state index in [1.807, 2.05) is 24.3 Å². The van der Waals surface area contributed by atoms with Crippen molar-refractivity contribution in [1.82, 2.24) is 0 Å². The van der Waals surface area contributed by atoms with Gasteiger partial charge in [-0.25, -0.2) is 0 Å². The van der Waals surface area contributed by atoms with Gasteiger partial charge in [0.2, 0.25) is 0 Å². The number of allylic oxidation sites excluding steroid dienone is 6. The number of ketones is 4. The molecule has 0 spiro atoms. The zero-order valence-corrected chi connectivity index (χ0v) is 16.4. The second kappa shape index (κ2) is 7.26. The molecular weight excluding hydrogens is 388 g/mol. The van der Waals surface area contributed by atoms with Crippen molar-refractivity contribution in [2.45, 2.75) is 6.42 Å². The van der Waals surface area contributed by atoms with Crippen LogP contribution in [0.3, 0.4) is 0 Å². The second-order valence-electron chi connectivity index (χ2n) is 7.47. The quantitative estimate of drug-likeness (QED) is 0.450. The number of benzene rings is 3. The minimum absolute atomic E-state index is 0.120. The smallest absolute Gasteiger partial charge is 0.197 e. The third-order valence-electron chi connectivity index (χ3n) is 5.63. The van der Waals surface area contributed by atoms with E-state index in [0.717, 1.165) is 10.8 Å². The van der Waals surface area contributed by atoms with E-state index < -0.39 is 0 Å². The minimum Gasteiger partial charge on any atom is -0.288 e. The van der Waals surface area contributed by atoms with Crippen LogP contribution in [0.4, 0.5) is 0 Å². The van der Waals surface area contributed by atoms with Gasteiger partial charge in [-0.2, -0.15) is 0 Å². The maximum Gasteiger partial charge on any atom is 0.197 e. The number of fused-ring (bicyclic) bond motifs is 3. The predicted octanol–water partition coefficient (Wildman–Crippen LogP) is 5.10. The Kier molecular flexibility index (Phi) is 4.41. The molecule has 4 nitrogen and oxygen atoms in total. The predicted molar refractivity (Wildman–Crippen MR) is 118 cm³/mol. The second-order valence-corrected chi connectivity index (χ2v) is 7.47. The maximum atomic E-state index is 12.7. The lowest BCUT2D eigenvalue weighted by Gasteiger charge is -2.00. The topological polar surface area (TPSA) is 68.3 Å². The summed E-state index contributed by atoms with van der Waals surface area (Å²) < 4.78 is 0. The van der Waals surface area contributed by atoms with Crippen LogP contribution in [-0.4, -0.2) is 23.1 Å². The van der Waals surface area contributed by atoms with E-state index in [2.05, 4.69) is 0 Å². The monoisotopic (exact) mass is 404 g/mol. The van der Waals surface area contributed by atoms with Gasteiger partial charge in [-0.05, 0) is 35.4 Å². The molecular formula is C27H16O4. The third kappa shape index (κ3) is 3.01. The van der Waals surface area contributed by atoms with Gasteiger partial charge in [-0.15, -0.1) is 0 Å². The molecule has 0 heterocycles. The maximum absolute atomic E-state index is 12.7. The van der Waals surface area contributed by atoms with Gasteiger partial charge in [0.1, 0.15) is 0 Å². The van der Waals surface area contributed by atoms with Gasteiger partial charge in [-0.3, -0.25) is 19.2 Å². The molecule has 0 fully saturated rings. The Morgan fingerprint density at radius 2 is 1.06 bits per heavy atom. The molecule has 0 unspecified atom stereocenters. The Hall–Kier alpha value is -4.18. The molecule has 0 bridgehead atoms. The van der Waals surface area contributed by atoms with E-state index in [9.17, 15) is 19.2 Å². The van der Waals surface area contributed by atoms with Gasteiger partial charge in [0.15, 0.2) is 23.1 Å². The normalized spacial score (nSPS) is 15.2. The van der Waals surface area contributed by atoms with E-state index >= 15 is 0 Å². The van der Waals surface area contributed by atoms with Crippen molar-refractivity contribution in [1.29, 1.82) is 0 Å². The van der Waals surface area contributed by atoms with Crippen LogP contribution in [0.5, 0.6) is 0 Å². The van der Waals surface area contributed by atoms with Gasteiger partial charge in [-0.1, -0.05) is 66.8 Å². The van der Waals surface area contributed by atoms with Gasteiger partial charge in [0.25, 0.3) is 0 Å².